The Hall–Kier alpha value is -2.10. The molecule has 2 aromatic carbocycles. The Labute approximate surface area is 144 Å². The first-order valence-electron chi connectivity index (χ1n) is 6.86. The average molecular weight is 349 g/mol. The molecule has 0 aliphatic rings. The molecule has 0 unspecified atom stereocenters. The Morgan fingerprint density at radius 3 is 2.39 bits per heavy atom. The molecule has 118 valence electrons. The quantitative estimate of drug-likeness (QED) is 0.340. The van der Waals surface area contributed by atoms with Crippen molar-refractivity contribution < 1.29 is 14.3 Å². The highest BCUT2D eigenvalue weighted by molar-refractivity contribution is 6.43. The van der Waals surface area contributed by atoms with Crippen molar-refractivity contribution in [1.82, 2.24) is 0 Å². The summed E-state index contributed by atoms with van der Waals surface area (Å²) in [7, 11) is 0. The Morgan fingerprint density at radius 2 is 1.74 bits per heavy atom. The summed E-state index contributed by atoms with van der Waals surface area (Å²) in [6, 6.07) is 14.2. The van der Waals surface area contributed by atoms with Gasteiger partial charge in [0, 0.05) is 0 Å². The lowest BCUT2D eigenvalue weighted by molar-refractivity contribution is -0.141. The van der Waals surface area contributed by atoms with E-state index in [1.807, 2.05) is 30.3 Å². The van der Waals surface area contributed by atoms with Gasteiger partial charge in [0.05, 0.1) is 10.0 Å². The minimum absolute atomic E-state index is 0.0786. The first kappa shape index (κ1) is 17.3. The van der Waals surface area contributed by atoms with Crippen LogP contribution >= 0.6 is 23.2 Å². The third-order valence-electron chi connectivity index (χ3n) is 3.09. The molecule has 0 fully saturated rings. The largest absolute Gasteiger partial charge is 0.457 e. The van der Waals surface area contributed by atoms with Crippen molar-refractivity contribution >= 4 is 41.0 Å². The fourth-order valence-electron chi connectivity index (χ4n) is 1.89. The van der Waals surface area contributed by atoms with E-state index in [4.69, 9.17) is 27.9 Å². The SMILES string of the molecule is CC(=O)C(=Cc1cccc(Cl)c1Cl)C(=O)OCc1ccccc1. The van der Waals surface area contributed by atoms with Crippen LogP contribution in [0.3, 0.4) is 0 Å². The van der Waals surface area contributed by atoms with Crippen molar-refractivity contribution in [3.05, 3.63) is 75.3 Å². The van der Waals surface area contributed by atoms with E-state index in [0.29, 0.717) is 10.6 Å². The van der Waals surface area contributed by atoms with Crippen molar-refractivity contribution in [2.24, 2.45) is 0 Å². The molecule has 0 aromatic heterocycles. The van der Waals surface area contributed by atoms with E-state index >= 15 is 0 Å². The van der Waals surface area contributed by atoms with Crippen molar-refractivity contribution in [1.29, 1.82) is 0 Å². The zero-order valence-corrected chi connectivity index (χ0v) is 13.9. The first-order chi connectivity index (χ1) is 11.0. The molecular formula is C18H14Cl2O3. The molecule has 0 saturated carbocycles. The van der Waals surface area contributed by atoms with E-state index in [9.17, 15) is 9.59 Å². The molecule has 0 radical (unpaired) electrons. The normalized spacial score (nSPS) is 11.2. The van der Waals surface area contributed by atoms with Crippen LogP contribution in [-0.2, 0) is 20.9 Å². The van der Waals surface area contributed by atoms with Gasteiger partial charge in [-0.2, -0.15) is 0 Å². The number of ketones is 1. The van der Waals surface area contributed by atoms with E-state index in [-0.39, 0.29) is 17.2 Å². The van der Waals surface area contributed by atoms with Crippen LogP contribution in [0.15, 0.2) is 54.1 Å². The number of carbonyl (C=O) groups excluding carboxylic acids is 2. The fourth-order valence-corrected chi connectivity index (χ4v) is 2.25. The van der Waals surface area contributed by atoms with Crippen LogP contribution < -0.4 is 0 Å². The van der Waals surface area contributed by atoms with Crippen LogP contribution in [0.5, 0.6) is 0 Å². The summed E-state index contributed by atoms with van der Waals surface area (Å²) in [5.41, 5.74) is 1.25. The van der Waals surface area contributed by atoms with E-state index in [2.05, 4.69) is 0 Å². The third kappa shape index (κ3) is 4.68. The second kappa shape index (κ2) is 7.95. The molecule has 0 saturated heterocycles. The molecule has 0 spiro atoms. The van der Waals surface area contributed by atoms with Crippen molar-refractivity contribution in [2.75, 3.05) is 0 Å². The summed E-state index contributed by atoms with van der Waals surface area (Å²) >= 11 is 12.0. The monoisotopic (exact) mass is 348 g/mol. The molecule has 5 heteroatoms. The lowest BCUT2D eigenvalue weighted by Gasteiger charge is -2.07. The topological polar surface area (TPSA) is 43.4 Å². The number of ether oxygens (including phenoxy) is 1. The summed E-state index contributed by atoms with van der Waals surface area (Å²) in [6.45, 7) is 1.39. The summed E-state index contributed by atoms with van der Waals surface area (Å²) in [5, 5.41) is 0.629. The van der Waals surface area contributed by atoms with Crippen LogP contribution in [0.25, 0.3) is 6.08 Å². The van der Waals surface area contributed by atoms with Crippen LogP contribution in [0.4, 0.5) is 0 Å². The van der Waals surface area contributed by atoms with Crippen LogP contribution in [0, 0.1) is 0 Å². The van der Waals surface area contributed by atoms with Crippen LogP contribution in [0.2, 0.25) is 10.0 Å². The highest BCUT2D eigenvalue weighted by atomic mass is 35.5. The average Bonchev–Trinajstić information content (AvgIpc) is 2.54. The Balaban J connectivity index is 2.20. The molecule has 0 amide bonds. The second-order valence-electron chi connectivity index (χ2n) is 4.82. The molecule has 2 rings (SSSR count). The maximum Gasteiger partial charge on any atom is 0.342 e. The molecule has 0 heterocycles. The Kier molecular flexibility index (Phi) is 5.97. The number of hydrogen-bond acceptors (Lipinski definition) is 3. The van der Waals surface area contributed by atoms with Gasteiger partial charge in [-0.05, 0) is 30.2 Å². The molecule has 0 bridgehead atoms. The van der Waals surface area contributed by atoms with Crippen molar-refractivity contribution in [3.8, 4) is 0 Å². The third-order valence-corrected chi connectivity index (χ3v) is 3.93. The van der Waals surface area contributed by atoms with Gasteiger partial charge in [0.25, 0.3) is 0 Å². The van der Waals surface area contributed by atoms with Crippen LogP contribution in [0.1, 0.15) is 18.1 Å². The van der Waals surface area contributed by atoms with Gasteiger partial charge in [-0.1, -0.05) is 65.7 Å². The van der Waals surface area contributed by atoms with Gasteiger partial charge in [0.2, 0.25) is 0 Å². The molecular weight excluding hydrogens is 335 g/mol. The number of benzene rings is 2. The number of rotatable bonds is 5. The van der Waals surface area contributed by atoms with Crippen molar-refractivity contribution in [3.63, 3.8) is 0 Å². The van der Waals surface area contributed by atoms with Gasteiger partial charge in [-0.25, -0.2) is 4.79 Å². The Morgan fingerprint density at radius 1 is 1.04 bits per heavy atom. The van der Waals surface area contributed by atoms with E-state index in [1.54, 1.807) is 18.2 Å². The number of halogens is 2. The number of Topliss-reactive ketones (excluding diaryl/α,β-unsaturated/α-hetero) is 1. The van der Waals surface area contributed by atoms with Gasteiger partial charge in [0.15, 0.2) is 5.78 Å². The molecule has 23 heavy (non-hydrogen) atoms. The van der Waals surface area contributed by atoms with Crippen LogP contribution in [-0.4, -0.2) is 11.8 Å². The van der Waals surface area contributed by atoms with Crippen molar-refractivity contribution in [2.45, 2.75) is 13.5 Å². The zero-order chi connectivity index (χ0) is 16.8. The zero-order valence-electron chi connectivity index (χ0n) is 12.4. The lowest BCUT2D eigenvalue weighted by Crippen LogP contribution is -2.13. The summed E-state index contributed by atoms with van der Waals surface area (Å²) < 4.78 is 5.19. The van der Waals surface area contributed by atoms with Gasteiger partial charge in [-0.15, -0.1) is 0 Å². The van der Waals surface area contributed by atoms with E-state index < -0.39 is 11.8 Å². The highest BCUT2D eigenvalue weighted by Crippen LogP contribution is 2.27. The van der Waals surface area contributed by atoms with Gasteiger partial charge in [-0.3, -0.25) is 4.79 Å². The maximum atomic E-state index is 12.2. The number of carbonyl (C=O) groups is 2. The molecule has 3 nitrogen and oxygen atoms in total. The second-order valence-corrected chi connectivity index (χ2v) is 5.60. The highest BCUT2D eigenvalue weighted by Gasteiger charge is 2.17. The summed E-state index contributed by atoms with van der Waals surface area (Å²) in [6.07, 6.45) is 1.39. The molecule has 0 aliphatic heterocycles. The molecule has 2 aromatic rings. The summed E-state index contributed by atoms with van der Waals surface area (Å²) in [4.78, 5) is 23.9. The van der Waals surface area contributed by atoms with Gasteiger partial charge in [0.1, 0.15) is 12.2 Å². The van der Waals surface area contributed by atoms with Gasteiger partial charge >= 0.3 is 5.97 Å². The predicted octanol–water partition coefficient (Wildman–Crippen LogP) is 4.71. The minimum Gasteiger partial charge on any atom is -0.457 e. The number of hydrogen-bond donors (Lipinski definition) is 0. The standard InChI is InChI=1S/C18H14Cl2O3/c1-12(21)15(10-14-8-5-9-16(19)17(14)20)18(22)23-11-13-6-3-2-4-7-13/h2-10H,11H2,1H3. The minimum atomic E-state index is -0.697. The van der Waals surface area contributed by atoms with Gasteiger partial charge < -0.3 is 4.74 Å². The lowest BCUT2D eigenvalue weighted by atomic mass is 10.1. The predicted molar refractivity (Wildman–Crippen MR) is 91.4 cm³/mol. The molecule has 0 atom stereocenters. The smallest absolute Gasteiger partial charge is 0.342 e. The molecule has 0 N–H and O–H groups in total. The summed E-state index contributed by atoms with van der Waals surface area (Å²) in [5.74, 6) is -1.10. The van der Waals surface area contributed by atoms with E-state index in [1.165, 1.54) is 13.0 Å². The number of esters is 1. The Bertz CT molecular complexity index is 752. The molecule has 0 aliphatic carbocycles. The maximum absolute atomic E-state index is 12.2. The van der Waals surface area contributed by atoms with E-state index in [0.717, 1.165) is 5.56 Å². The first-order valence-corrected chi connectivity index (χ1v) is 7.62. The fraction of sp³-hybridized carbons (Fsp3) is 0.111.